The third kappa shape index (κ3) is 1.46. The number of rotatable bonds is 1. The van der Waals surface area contributed by atoms with Crippen molar-refractivity contribution >= 4 is 12.2 Å². The second-order valence-corrected chi connectivity index (χ2v) is 2.65. The minimum atomic E-state index is -1.24. The molecule has 0 aromatic heterocycles. The summed E-state index contributed by atoms with van der Waals surface area (Å²) in [6.07, 6.45) is 3.26. The van der Waals surface area contributed by atoms with E-state index in [0.717, 1.165) is 0 Å². The summed E-state index contributed by atoms with van der Waals surface area (Å²) in [5, 5.41) is 8.68. The summed E-state index contributed by atoms with van der Waals surface area (Å²) in [7, 11) is 0. The van der Waals surface area contributed by atoms with E-state index in [1.807, 2.05) is 0 Å². The van der Waals surface area contributed by atoms with Crippen molar-refractivity contribution < 1.29 is 9.90 Å². The molecule has 0 aromatic rings. The molecule has 0 spiro atoms. The van der Waals surface area contributed by atoms with Crippen LogP contribution in [0.4, 0.5) is 0 Å². The minimum Gasteiger partial charge on any atom is -0.480 e. The predicted molar refractivity (Wildman–Crippen MR) is 41.4 cm³/mol. The van der Waals surface area contributed by atoms with E-state index in [9.17, 15) is 4.79 Å². The van der Waals surface area contributed by atoms with Crippen molar-refractivity contribution in [1.29, 1.82) is 0 Å². The first-order chi connectivity index (χ1) is 5.04. The molecule has 0 saturated heterocycles. The molecule has 1 atom stereocenters. The molecule has 1 aliphatic rings. The van der Waals surface area contributed by atoms with Gasteiger partial charge in [-0.2, -0.15) is 0 Å². The van der Waals surface area contributed by atoms with E-state index in [1.54, 1.807) is 6.92 Å². The Labute approximate surface area is 64.4 Å². The molecule has 1 rings (SSSR count). The van der Waals surface area contributed by atoms with E-state index in [1.165, 1.54) is 12.3 Å². The van der Waals surface area contributed by atoms with Gasteiger partial charge < -0.3 is 10.8 Å². The first kappa shape index (κ1) is 7.94. The van der Waals surface area contributed by atoms with Crippen LogP contribution in [0.15, 0.2) is 16.8 Å². The summed E-state index contributed by atoms with van der Waals surface area (Å²) in [6.45, 7) is 1.72. The number of nitrogens with two attached hydrogens (primary N) is 1. The van der Waals surface area contributed by atoms with Crippen molar-refractivity contribution in [3.05, 3.63) is 11.8 Å². The highest BCUT2D eigenvalue weighted by Crippen LogP contribution is 2.15. The highest BCUT2D eigenvalue weighted by Gasteiger charge is 2.32. The molecule has 60 valence electrons. The molecule has 0 radical (unpaired) electrons. The molecule has 0 saturated carbocycles. The van der Waals surface area contributed by atoms with Crippen molar-refractivity contribution in [2.24, 2.45) is 10.7 Å². The van der Waals surface area contributed by atoms with Gasteiger partial charge in [0, 0.05) is 18.3 Å². The Morgan fingerprint density at radius 1 is 1.91 bits per heavy atom. The van der Waals surface area contributed by atoms with Crippen molar-refractivity contribution in [1.82, 2.24) is 0 Å². The van der Waals surface area contributed by atoms with Crippen LogP contribution in [0.3, 0.4) is 0 Å². The average molecular weight is 154 g/mol. The molecule has 1 unspecified atom stereocenters. The molecule has 0 aromatic carbocycles. The molecule has 3 N–H and O–H groups in total. The molecule has 0 amide bonds. The maximum Gasteiger partial charge on any atom is 0.328 e. The number of aliphatic imine (C=N–C) groups is 1. The predicted octanol–water partition coefficient (Wildman–Crippen LogP) is 0.147. The number of aliphatic carboxylic acids is 1. The van der Waals surface area contributed by atoms with Crippen LogP contribution >= 0.6 is 0 Å². The normalized spacial score (nSPS) is 29.8. The van der Waals surface area contributed by atoms with Gasteiger partial charge in [-0.15, -0.1) is 0 Å². The molecule has 11 heavy (non-hydrogen) atoms. The molecule has 1 heterocycles. The van der Waals surface area contributed by atoms with Crippen molar-refractivity contribution in [2.45, 2.75) is 18.9 Å². The summed E-state index contributed by atoms with van der Waals surface area (Å²) in [5.41, 5.74) is 4.93. The second-order valence-electron chi connectivity index (χ2n) is 2.65. The SMILES string of the molecule is CC1=CC(N)(C(=O)O)CC=N1. The Morgan fingerprint density at radius 3 is 2.91 bits per heavy atom. The minimum absolute atomic E-state index is 0.264. The second kappa shape index (κ2) is 2.47. The van der Waals surface area contributed by atoms with Gasteiger partial charge in [-0.1, -0.05) is 0 Å². The van der Waals surface area contributed by atoms with Gasteiger partial charge in [-0.05, 0) is 13.0 Å². The molecular weight excluding hydrogens is 144 g/mol. The highest BCUT2D eigenvalue weighted by atomic mass is 16.4. The van der Waals surface area contributed by atoms with E-state index in [4.69, 9.17) is 10.8 Å². The number of carboxylic acids is 1. The Bertz CT molecular complexity index is 245. The fourth-order valence-corrected chi connectivity index (χ4v) is 0.959. The lowest BCUT2D eigenvalue weighted by atomic mass is 9.94. The van der Waals surface area contributed by atoms with Gasteiger partial charge in [0.25, 0.3) is 0 Å². The van der Waals surface area contributed by atoms with Gasteiger partial charge in [0.05, 0.1) is 0 Å². The fourth-order valence-electron chi connectivity index (χ4n) is 0.959. The van der Waals surface area contributed by atoms with Gasteiger partial charge in [0.2, 0.25) is 0 Å². The Hall–Kier alpha value is -1.16. The van der Waals surface area contributed by atoms with E-state index in [2.05, 4.69) is 4.99 Å². The zero-order valence-electron chi connectivity index (χ0n) is 6.24. The molecular formula is C7H10N2O2. The van der Waals surface area contributed by atoms with Crippen LogP contribution < -0.4 is 5.73 Å². The topological polar surface area (TPSA) is 75.7 Å². The summed E-state index contributed by atoms with van der Waals surface area (Å²) in [6, 6.07) is 0. The maximum atomic E-state index is 10.6. The monoisotopic (exact) mass is 154 g/mol. The maximum absolute atomic E-state index is 10.6. The lowest BCUT2D eigenvalue weighted by molar-refractivity contribution is -0.141. The summed E-state index contributed by atoms with van der Waals surface area (Å²) < 4.78 is 0. The molecule has 4 heteroatoms. The van der Waals surface area contributed by atoms with Crippen LogP contribution in [0.5, 0.6) is 0 Å². The number of carbonyl (C=O) groups is 1. The number of nitrogens with zero attached hydrogens (tertiary/aromatic N) is 1. The van der Waals surface area contributed by atoms with Crippen LogP contribution in [0.1, 0.15) is 13.3 Å². The Balaban J connectivity index is 2.92. The zero-order chi connectivity index (χ0) is 8.48. The zero-order valence-corrected chi connectivity index (χ0v) is 6.24. The quantitative estimate of drug-likeness (QED) is 0.564. The number of hydrogen-bond acceptors (Lipinski definition) is 3. The van der Waals surface area contributed by atoms with E-state index < -0.39 is 11.5 Å². The van der Waals surface area contributed by atoms with Gasteiger partial charge in [0.1, 0.15) is 5.54 Å². The smallest absolute Gasteiger partial charge is 0.328 e. The first-order valence-corrected chi connectivity index (χ1v) is 3.29. The lowest BCUT2D eigenvalue weighted by Gasteiger charge is -2.21. The van der Waals surface area contributed by atoms with Gasteiger partial charge in [0.15, 0.2) is 0 Å². The van der Waals surface area contributed by atoms with Crippen LogP contribution in [-0.2, 0) is 4.79 Å². The molecule has 0 fully saturated rings. The Kier molecular flexibility index (Phi) is 1.78. The van der Waals surface area contributed by atoms with Crippen molar-refractivity contribution in [3.63, 3.8) is 0 Å². The number of carboxylic acid groups (broad SMARTS) is 1. The summed E-state index contributed by atoms with van der Waals surface area (Å²) >= 11 is 0. The molecule has 0 aliphatic carbocycles. The Morgan fingerprint density at radius 2 is 2.55 bits per heavy atom. The van der Waals surface area contributed by atoms with Crippen LogP contribution in [0.25, 0.3) is 0 Å². The van der Waals surface area contributed by atoms with Crippen molar-refractivity contribution in [3.8, 4) is 0 Å². The highest BCUT2D eigenvalue weighted by molar-refractivity contribution is 5.86. The summed E-state index contributed by atoms with van der Waals surface area (Å²) in [4.78, 5) is 14.5. The largest absolute Gasteiger partial charge is 0.480 e. The third-order valence-corrected chi connectivity index (χ3v) is 1.59. The standard InChI is InChI=1S/C7H10N2O2/c1-5-4-7(8,6(10)11)2-3-9-5/h3-4H,2,8H2,1H3,(H,10,11). The molecule has 4 nitrogen and oxygen atoms in total. The van der Waals surface area contributed by atoms with Gasteiger partial charge >= 0.3 is 5.97 Å². The van der Waals surface area contributed by atoms with E-state index in [-0.39, 0.29) is 6.42 Å². The number of hydrogen-bond donors (Lipinski definition) is 2. The molecule has 0 bridgehead atoms. The van der Waals surface area contributed by atoms with E-state index >= 15 is 0 Å². The first-order valence-electron chi connectivity index (χ1n) is 3.29. The van der Waals surface area contributed by atoms with Crippen molar-refractivity contribution in [2.75, 3.05) is 0 Å². The average Bonchev–Trinajstić information content (AvgIpc) is 1.86. The van der Waals surface area contributed by atoms with Crippen LogP contribution in [0, 0.1) is 0 Å². The van der Waals surface area contributed by atoms with Gasteiger partial charge in [-0.3, -0.25) is 4.99 Å². The third-order valence-electron chi connectivity index (χ3n) is 1.59. The van der Waals surface area contributed by atoms with Gasteiger partial charge in [-0.25, -0.2) is 4.79 Å². The van der Waals surface area contributed by atoms with E-state index in [0.29, 0.717) is 5.70 Å². The summed E-state index contributed by atoms with van der Waals surface area (Å²) in [5.74, 6) is -1.01. The van der Waals surface area contributed by atoms with Crippen LogP contribution in [0.2, 0.25) is 0 Å². The fraction of sp³-hybridized carbons (Fsp3) is 0.429. The number of allylic oxidation sites excluding steroid dienone is 1. The molecule has 1 aliphatic heterocycles. The van der Waals surface area contributed by atoms with Crippen LogP contribution in [-0.4, -0.2) is 22.8 Å². The lowest BCUT2D eigenvalue weighted by Crippen LogP contribution is -2.47.